The zero-order chi connectivity index (χ0) is 16.1. The zero-order valence-electron chi connectivity index (χ0n) is 12.3. The predicted molar refractivity (Wildman–Crippen MR) is 81.0 cm³/mol. The molecule has 2 N–H and O–H groups in total. The molecule has 1 aromatic carbocycles. The van der Waals surface area contributed by atoms with Crippen molar-refractivity contribution >= 4 is 20.0 Å². The molecule has 0 radical (unpaired) electrons. The molecular weight excluding hydrogens is 314 g/mol. The first-order valence-corrected chi connectivity index (χ1v) is 9.37. The predicted octanol–water partition coefficient (Wildman–Crippen LogP) is -0.175. The van der Waals surface area contributed by atoms with Crippen LogP contribution >= 0.6 is 0 Å². The molecule has 1 aromatic rings. The van der Waals surface area contributed by atoms with Crippen molar-refractivity contribution in [3.8, 4) is 0 Å². The average Bonchev–Trinajstić information content (AvgIpc) is 2.43. The molecule has 0 heterocycles. The number of rotatable bonds is 8. The van der Waals surface area contributed by atoms with Crippen molar-refractivity contribution in [2.45, 2.75) is 16.7 Å². The maximum absolute atomic E-state index is 12.1. The Kier molecular flexibility index (Phi) is 6.29. The zero-order valence-corrected chi connectivity index (χ0v) is 14.0. The van der Waals surface area contributed by atoms with Crippen LogP contribution in [0.5, 0.6) is 0 Å². The number of hydrogen-bond donors (Lipinski definition) is 2. The van der Waals surface area contributed by atoms with Crippen LogP contribution in [0.3, 0.4) is 0 Å². The maximum atomic E-state index is 12.1. The van der Waals surface area contributed by atoms with Gasteiger partial charge in [-0.25, -0.2) is 25.9 Å². The van der Waals surface area contributed by atoms with Crippen LogP contribution in [0.1, 0.15) is 6.92 Å². The summed E-state index contributed by atoms with van der Waals surface area (Å²) in [6, 6.07) is 5.30. The fourth-order valence-electron chi connectivity index (χ4n) is 1.55. The second kappa shape index (κ2) is 7.32. The summed E-state index contributed by atoms with van der Waals surface area (Å²) in [5, 5.41) is 2.99. The second-order valence-corrected chi connectivity index (χ2v) is 8.43. The molecule has 21 heavy (non-hydrogen) atoms. The monoisotopic (exact) mass is 335 g/mol. The number of nitrogens with one attached hydrogen (secondary N) is 2. The van der Waals surface area contributed by atoms with Crippen LogP contribution in [-0.2, 0) is 20.0 Å². The summed E-state index contributed by atoms with van der Waals surface area (Å²) in [5.74, 6) is 0. The molecule has 0 saturated heterocycles. The van der Waals surface area contributed by atoms with Crippen LogP contribution in [0.2, 0.25) is 0 Å². The molecule has 0 fully saturated rings. The van der Waals surface area contributed by atoms with Gasteiger partial charge in [-0.3, -0.25) is 0 Å². The third-order valence-corrected chi connectivity index (χ3v) is 6.01. The number of likely N-dealkylation sites (N-methyl/N-ethyl adjacent to an activating group) is 1. The molecule has 0 aromatic heterocycles. The molecule has 0 unspecified atom stereocenters. The van der Waals surface area contributed by atoms with Gasteiger partial charge in [-0.1, -0.05) is 13.0 Å². The highest BCUT2D eigenvalue weighted by atomic mass is 32.2. The highest BCUT2D eigenvalue weighted by Crippen LogP contribution is 2.17. The molecule has 9 heteroatoms. The number of benzene rings is 1. The van der Waals surface area contributed by atoms with Gasteiger partial charge in [0, 0.05) is 27.2 Å². The SMILES string of the molecule is CCNCCNS(=O)(=O)c1cccc(S(=O)(=O)N(C)C)c1. The molecule has 0 amide bonds. The third-order valence-electron chi connectivity index (χ3n) is 2.74. The Morgan fingerprint density at radius 1 is 1.05 bits per heavy atom. The van der Waals surface area contributed by atoms with E-state index in [1.165, 1.54) is 32.3 Å². The van der Waals surface area contributed by atoms with Crippen molar-refractivity contribution in [1.29, 1.82) is 0 Å². The minimum Gasteiger partial charge on any atom is -0.316 e. The highest BCUT2D eigenvalue weighted by Gasteiger charge is 2.20. The molecule has 0 atom stereocenters. The Bertz CT molecular complexity index is 669. The standard InChI is InChI=1S/C12H21N3O4S2/c1-4-13-8-9-14-20(16,17)11-6-5-7-12(10-11)21(18,19)15(2)3/h5-7,10,13-14H,4,8-9H2,1-3H3. The topological polar surface area (TPSA) is 95.6 Å². The summed E-state index contributed by atoms with van der Waals surface area (Å²) >= 11 is 0. The van der Waals surface area contributed by atoms with Gasteiger partial charge in [-0.2, -0.15) is 0 Å². The lowest BCUT2D eigenvalue weighted by molar-refractivity contribution is 0.520. The van der Waals surface area contributed by atoms with Gasteiger partial charge in [0.2, 0.25) is 20.0 Å². The lowest BCUT2D eigenvalue weighted by atomic mass is 10.4. The Hall–Kier alpha value is -1.00. The Morgan fingerprint density at radius 3 is 2.24 bits per heavy atom. The quantitative estimate of drug-likeness (QED) is 0.643. The van der Waals surface area contributed by atoms with Crippen molar-refractivity contribution < 1.29 is 16.8 Å². The summed E-state index contributed by atoms with van der Waals surface area (Å²) < 4.78 is 51.7. The molecular formula is C12H21N3O4S2. The van der Waals surface area contributed by atoms with Gasteiger partial charge in [0.15, 0.2) is 0 Å². The van der Waals surface area contributed by atoms with Crippen LogP contribution in [0.4, 0.5) is 0 Å². The minimum atomic E-state index is -3.72. The molecule has 120 valence electrons. The lowest BCUT2D eigenvalue weighted by Crippen LogP contribution is -2.32. The molecule has 0 bridgehead atoms. The Morgan fingerprint density at radius 2 is 1.67 bits per heavy atom. The van der Waals surface area contributed by atoms with Gasteiger partial charge in [-0.05, 0) is 24.7 Å². The molecule has 0 saturated carbocycles. The summed E-state index contributed by atoms with van der Waals surface area (Å²) in [6.45, 7) is 3.41. The fraction of sp³-hybridized carbons (Fsp3) is 0.500. The van der Waals surface area contributed by atoms with Crippen LogP contribution in [0, 0.1) is 0 Å². The normalized spacial score (nSPS) is 12.8. The molecule has 0 aliphatic heterocycles. The van der Waals surface area contributed by atoms with Gasteiger partial charge < -0.3 is 5.32 Å². The smallest absolute Gasteiger partial charge is 0.242 e. The van der Waals surface area contributed by atoms with Crippen molar-refractivity contribution in [1.82, 2.24) is 14.3 Å². The number of nitrogens with zero attached hydrogens (tertiary/aromatic N) is 1. The molecule has 0 aliphatic rings. The van der Waals surface area contributed by atoms with Gasteiger partial charge in [0.1, 0.15) is 0 Å². The summed E-state index contributed by atoms with van der Waals surface area (Å²) in [5.41, 5.74) is 0. The van der Waals surface area contributed by atoms with Crippen LogP contribution in [-0.4, -0.2) is 54.9 Å². The number of sulfonamides is 2. The number of hydrogen-bond acceptors (Lipinski definition) is 5. The van der Waals surface area contributed by atoms with Gasteiger partial charge in [-0.15, -0.1) is 0 Å². The van der Waals surface area contributed by atoms with Gasteiger partial charge in [0.25, 0.3) is 0 Å². The van der Waals surface area contributed by atoms with E-state index in [9.17, 15) is 16.8 Å². The Labute approximate surface area is 126 Å². The highest BCUT2D eigenvalue weighted by molar-refractivity contribution is 7.90. The molecule has 0 aliphatic carbocycles. The van der Waals surface area contributed by atoms with Crippen molar-refractivity contribution in [2.24, 2.45) is 0 Å². The summed E-state index contributed by atoms with van der Waals surface area (Å²) in [6.07, 6.45) is 0. The minimum absolute atomic E-state index is 0.0536. The van der Waals surface area contributed by atoms with Gasteiger partial charge >= 0.3 is 0 Å². The fourth-order valence-corrected chi connectivity index (χ4v) is 3.65. The van der Waals surface area contributed by atoms with Crippen LogP contribution < -0.4 is 10.0 Å². The van der Waals surface area contributed by atoms with E-state index in [1.807, 2.05) is 6.92 Å². The van der Waals surface area contributed by atoms with Crippen molar-refractivity contribution in [2.75, 3.05) is 33.7 Å². The van der Waals surface area contributed by atoms with E-state index in [4.69, 9.17) is 0 Å². The van der Waals surface area contributed by atoms with Crippen molar-refractivity contribution in [3.63, 3.8) is 0 Å². The van der Waals surface area contributed by atoms with E-state index >= 15 is 0 Å². The second-order valence-electron chi connectivity index (χ2n) is 4.51. The van der Waals surface area contributed by atoms with E-state index in [-0.39, 0.29) is 16.3 Å². The van der Waals surface area contributed by atoms with Gasteiger partial charge in [0.05, 0.1) is 9.79 Å². The van der Waals surface area contributed by atoms with E-state index in [2.05, 4.69) is 10.0 Å². The van der Waals surface area contributed by atoms with E-state index in [0.29, 0.717) is 6.54 Å². The first kappa shape index (κ1) is 18.1. The maximum Gasteiger partial charge on any atom is 0.242 e. The first-order chi connectivity index (χ1) is 9.71. The van der Waals surface area contributed by atoms with E-state index in [0.717, 1.165) is 16.9 Å². The van der Waals surface area contributed by atoms with Crippen LogP contribution in [0.25, 0.3) is 0 Å². The molecule has 1 rings (SSSR count). The lowest BCUT2D eigenvalue weighted by Gasteiger charge is -2.13. The third kappa shape index (κ3) is 4.75. The molecule has 0 spiro atoms. The molecule has 7 nitrogen and oxygen atoms in total. The van der Waals surface area contributed by atoms with E-state index < -0.39 is 20.0 Å². The average molecular weight is 335 g/mol. The summed E-state index contributed by atoms with van der Waals surface area (Å²) in [4.78, 5) is -0.121. The largest absolute Gasteiger partial charge is 0.316 e. The van der Waals surface area contributed by atoms with Crippen molar-refractivity contribution in [3.05, 3.63) is 24.3 Å². The Balaban J connectivity index is 3.00. The van der Waals surface area contributed by atoms with Crippen LogP contribution in [0.15, 0.2) is 34.1 Å². The summed E-state index contributed by atoms with van der Waals surface area (Å²) in [7, 11) is -4.59. The van der Waals surface area contributed by atoms with E-state index in [1.54, 1.807) is 0 Å². The first-order valence-electron chi connectivity index (χ1n) is 6.45.